The predicted molar refractivity (Wildman–Crippen MR) is 95.7 cm³/mol. The molecule has 132 valence electrons. The van der Waals surface area contributed by atoms with E-state index in [1.807, 2.05) is 37.3 Å². The second-order valence-corrected chi connectivity index (χ2v) is 6.32. The second kappa shape index (κ2) is 6.63. The quantitative estimate of drug-likeness (QED) is 0.721. The van der Waals surface area contributed by atoms with E-state index in [0.717, 1.165) is 5.56 Å². The standard InChI is InChI=1S/C20H18FN3O2/c1-14-12-23-18(20(25)24(14)17-9-7-16(21)8-10-17)11-19(22-23)26-13-15-5-3-2-4-6-15/h2-11,14H,12-13H2,1H3/t14-/m1/s1. The first-order valence-electron chi connectivity index (χ1n) is 8.45. The van der Waals surface area contributed by atoms with E-state index in [1.54, 1.807) is 27.8 Å². The van der Waals surface area contributed by atoms with Crippen LogP contribution in [0.1, 0.15) is 23.0 Å². The summed E-state index contributed by atoms with van der Waals surface area (Å²) in [5, 5.41) is 4.40. The molecule has 1 aromatic heterocycles. The van der Waals surface area contributed by atoms with Gasteiger partial charge in [-0.2, -0.15) is 0 Å². The lowest BCUT2D eigenvalue weighted by Gasteiger charge is -2.33. The number of hydrogen-bond acceptors (Lipinski definition) is 3. The van der Waals surface area contributed by atoms with Crippen LogP contribution < -0.4 is 9.64 Å². The Morgan fingerprint density at radius 3 is 2.62 bits per heavy atom. The smallest absolute Gasteiger partial charge is 0.277 e. The summed E-state index contributed by atoms with van der Waals surface area (Å²) < 4.78 is 20.6. The molecule has 26 heavy (non-hydrogen) atoms. The van der Waals surface area contributed by atoms with E-state index in [9.17, 15) is 9.18 Å². The van der Waals surface area contributed by atoms with Gasteiger partial charge in [-0.15, -0.1) is 5.10 Å². The number of halogens is 1. The van der Waals surface area contributed by atoms with Crippen LogP contribution in [0.5, 0.6) is 5.88 Å². The molecule has 5 nitrogen and oxygen atoms in total. The normalized spacial score (nSPS) is 16.5. The lowest BCUT2D eigenvalue weighted by atomic mass is 10.1. The van der Waals surface area contributed by atoms with Gasteiger partial charge in [0.05, 0.1) is 12.6 Å². The largest absolute Gasteiger partial charge is 0.472 e. The maximum Gasteiger partial charge on any atom is 0.277 e. The third-order valence-corrected chi connectivity index (χ3v) is 4.41. The van der Waals surface area contributed by atoms with Gasteiger partial charge < -0.3 is 9.64 Å². The monoisotopic (exact) mass is 351 g/mol. The molecule has 0 saturated carbocycles. The van der Waals surface area contributed by atoms with Crippen molar-refractivity contribution in [3.05, 3.63) is 77.7 Å². The lowest BCUT2D eigenvalue weighted by molar-refractivity contribution is 0.0947. The number of carbonyl (C=O) groups excluding carboxylic acids is 1. The molecule has 3 aromatic rings. The van der Waals surface area contributed by atoms with Gasteiger partial charge in [-0.1, -0.05) is 30.3 Å². The highest BCUT2D eigenvalue weighted by molar-refractivity contribution is 6.06. The van der Waals surface area contributed by atoms with E-state index < -0.39 is 0 Å². The number of amides is 1. The number of benzene rings is 2. The molecule has 4 rings (SSSR count). The van der Waals surface area contributed by atoms with Crippen molar-refractivity contribution in [3.8, 4) is 5.88 Å². The molecule has 1 aliphatic heterocycles. The fraction of sp³-hybridized carbons (Fsp3) is 0.200. The summed E-state index contributed by atoms with van der Waals surface area (Å²) in [7, 11) is 0. The Hall–Kier alpha value is -3.15. The van der Waals surface area contributed by atoms with Crippen LogP contribution in [0.25, 0.3) is 0 Å². The van der Waals surface area contributed by atoms with Crippen molar-refractivity contribution in [1.82, 2.24) is 9.78 Å². The molecule has 6 heteroatoms. The fourth-order valence-electron chi connectivity index (χ4n) is 3.14. The molecule has 0 N–H and O–H groups in total. The minimum absolute atomic E-state index is 0.0951. The van der Waals surface area contributed by atoms with Crippen molar-refractivity contribution in [1.29, 1.82) is 0 Å². The zero-order valence-electron chi connectivity index (χ0n) is 14.3. The van der Waals surface area contributed by atoms with Crippen molar-refractivity contribution in [2.75, 3.05) is 4.90 Å². The number of fused-ring (bicyclic) bond motifs is 1. The van der Waals surface area contributed by atoms with Crippen LogP contribution in [0, 0.1) is 5.82 Å². The number of nitrogens with zero attached hydrogens (tertiary/aromatic N) is 3. The average Bonchev–Trinajstić information content (AvgIpc) is 3.05. The van der Waals surface area contributed by atoms with E-state index in [-0.39, 0.29) is 17.8 Å². The number of rotatable bonds is 4. The first kappa shape index (κ1) is 16.3. The number of anilines is 1. The third-order valence-electron chi connectivity index (χ3n) is 4.41. The predicted octanol–water partition coefficient (Wildman–Crippen LogP) is 3.65. The highest BCUT2D eigenvalue weighted by Crippen LogP contribution is 2.27. The first-order valence-corrected chi connectivity index (χ1v) is 8.45. The van der Waals surface area contributed by atoms with Crippen molar-refractivity contribution in [3.63, 3.8) is 0 Å². The fourth-order valence-corrected chi connectivity index (χ4v) is 3.14. The molecule has 1 amide bonds. The highest BCUT2D eigenvalue weighted by atomic mass is 19.1. The average molecular weight is 351 g/mol. The van der Waals surface area contributed by atoms with Crippen molar-refractivity contribution >= 4 is 11.6 Å². The van der Waals surface area contributed by atoms with Crippen molar-refractivity contribution in [2.24, 2.45) is 0 Å². The van der Waals surface area contributed by atoms with Crippen LogP contribution in [0.15, 0.2) is 60.7 Å². The minimum Gasteiger partial charge on any atom is -0.472 e. The maximum absolute atomic E-state index is 13.2. The van der Waals surface area contributed by atoms with Crippen LogP contribution in [0.4, 0.5) is 10.1 Å². The van der Waals surface area contributed by atoms with Crippen LogP contribution in [0.2, 0.25) is 0 Å². The van der Waals surface area contributed by atoms with Crippen molar-refractivity contribution < 1.29 is 13.9 Å². The van der Waals surface area contributed by atoms with Gasteiger partial charge in [0.2, 0.25) is 5.88 Å². The molecular formula is C20H18FN3O2. The zero-order valence-corrected chi connectivity index (χ0v) is 14.3. The van der Waals surface area contributed by atoms with Crippen LogP contribution >= 0.6 is 0 Å². The Labute approximate surface area is 150 Å². The molecular weight excluding hydrogens is 333 g/mol. The summed E-state index contributed by atoms with van der Waals surface area (Å²) in [4.78, 5) is 14.6. The Balaban J connectivity index is 1.56. The third kappa shape index (κ3) is 3.06. The van der Waals surface area contributed by atoms with E-state index in [2.05, 4.69) is 5.10 Å². The van der Waals surface area contributed by atoms with Gasteiger partial charge in [-0.05, 0) is 36.8 Å². The van der Waals surface area contributed by atoms with Crippen LogP contribution in [0.3, 0.4) is 0 Å². The molecule has 2 aromatic carbocycles. The molecule has 1 aliphatic rings. The van der Waals surface area contributed by atoms with Crippen molar-refractivity contribution in [2.45, 2.75) is 26.1 Å². The van der Waals surface area contributed by atoms with E-state index >= 15 is 0 Å². The number of carbonyl (C=O) groups is 1. The van der Waals surface area contributed by atoms with E-state index in [0.29, 0.717) is 30.4 Å². The van der Waals surface area contributed by atoms with E-state index in [1.165, 1.54) is 12.1 Å². The Bertz CT molecular complexity index is 922. The Morgan fingerprint density at radius 1 is 1.15 bits per heavy atom. The summed E-state index contributed by atoms with van der Waals surface area (Å²) in [6.45, 7) is 2.88. The van der Waals surface area contributed by atoms with Gasteiger partial charge in [0, 0.05) is 11.8 Å². The van der Waals surface area contributed by atoms with Gasteiger partial charge in [-0.3, -0.25) is 9.48 Å². The Morgan fingerprint density at radius 2 is 1.88 bits per heavy atom. The highest BCUT2D eigenvalue weighted by Gasteiger charge is 2.32. The maximum atomic E-state index is 13.2. The summed E-state index contributed by atoms with van der Waals surface area (Å²) in [5.41, 5.74) is 2.17. The molecule has 0 spiro atoms. The minimum atomic E-state index is -0.326. The van der Waals surface area contributed by atoms with Gasteiger partial charge in [0.1, 0.15) is 18.1 Å². The summed E-state index contributed by atoms with van der Waals surface area (Å²) in [5.74, 6) is -0.0738. The number of hydrogen-bond donors (Lipinski definition) is 0. The van der Waals surface area contributed by atoms with Gasteiger partial charge in [0.25, 0.3) is 5.91 Å². The molecule has 0 fully saturated rings. The first-order chi connectivity index (χ1) is 12.6. The number of ether oxygens (including phenoxy) is 1. The SMILES string of the molecule is C[C@@H]1Cn2nc(OCc3ccccc3)cc2C(=O)N1c1ccc(F)cc1. The molecule has 0 radical (unpaired) electrons. The Kier molecular flexibility index (Phi) is 4.16. The van der Waals surface area contributed by atoms with Crippen LogP contribution in [-0.2, 0) is 13.2 Å². The zero-order chi connectivity index (χ0) is 18.1. The lowest BCUT2D eigenvalue weighted by Crippen LogP contribution is -2.46. The van der Waals surface area contributed by atoms with Gasteiger partial charge >= 0.3 is 0 Å². The molecule has 0 saturated heterocycles. The van der Waals surface area contributed by atoms with Gasteiger partial charge in [0.15, 0.2) is 0 Å². The second-order valence-electron chi connectivity index (χ2n) is 6.32. The van der Waals surface area contributed by atoms with Gasteiger partial charge in [-0.25, -0.2) is 4.39 Å². The van der Waals surface area contributed by atoms with E-state index in [4.69, 9.17) is 4.74 Å². The summed E-state index contributed by atoms with van der Waals surface area (Å²) in [6.07, 6.45) is 0. The number of aromatic nitrogens is 2. The summed E-state index contributed by atoms with van der Waals surface area (Å²) >= 11 is 0. The molecule has 0 aliphatic carbocycles. The summed E-state index contributed by atoms with van der Waals surface area (Å²) in [6, 6.07) is 17.3. The topological polar surface area (TPSA) is 47.4 Å². The molecule has 1 atom stereocenters. The molecule has 0 unspecified atom stereocenters. The van der Waals surface area contributed by atoms with Crippen LogP contribution in [-0.4, -0.2) is 21.7 Å². The molecule has 0 bridgehead atoms. The molecule has 2 heterocycles.